The van der Waals surface area contributed by atoms with E-state index in [1.54, 1.807) is 24.2 Å². The highest BCUT2D eigenvalue weighted by molar-refractivity contribution is 7.99. The topological polar surface area (TPSA) is 37.8 Å². The maximum atomic E-state index is 4.55. The number of benzene rings is 1. The van der Waals surface area contributed by atoms with E-state index < -0.39 is 0 Å². The van der Waals surface area contributed by atoms with Crippen LogP contribution in [0.1, 0.15) is 24.5 Å². The Morgan fingerprint density at radius 3 is 2.74 bits per heavy atom. The molecule has 0 saturated carbocycles. The molecule has 100 valence electrons. The highest BCUT2D eigenvalue weighted by Crippen LogP contribution is 2.27. The third-order valence-corrected chi connectivity index (χ3v) is 3.76. The molecule has 2 rings (SSSR count). The minimum absolute atomic E-state index is 0.843. The van der Waals surface area contributed by atoms with Crippen LogP contribution in [0, 0.1) is 13.8 Å². The van der Waals surface area contributed by atoms with Crippen LogP contribution in [0.3, 0.4) is 0 Å². The van der Waals surface area contributed by atoms with Gasteiger partial charge in [0.1, 0.15) is 10.8 Å². The van der Waals surface area contributed by atoms with Crippen molar-refractivity contribution >= 4 is 17.6 Å². The second-order valence-electron chi connectivity index (χ2n) is 4.52. The number of anilines is 1. The number of nitrogens with zero attached hydrogens (tertiary/aromatic N) is 2. The number of aryl methyl sites for hydroxylation is 2. The van der Waals surface area contributed by atoms with Crippen molar-refractivity contribution in [1.82, 2.24) is 9.97 Å². The summed E-state index contributed by atoms with van der Waals surface area (Å²) in [6.07, 6.45) is 4.65. The molecule has 0 saturated heterocycles. The van der Waals surface area contributed by atoms with E-state index >= 15 is 0 Å². The average Bonchev–Trinajstić information content (AvgIpc) is 2.41. The average molecular weight is 273 g/mol. The van der Waals surface area contributed by atoms with Crippen molar-refractivity contribution in [1.29, 1.82) is 0 Å². The van der Waals surface area contributed by atoms with Crippen molar-refractivity contribution in [2.24, 2.45) is 0 Å². The van der Waals surface area contributed by atoms with Gasteiger partial charge in [-0.2, -0.15) is 0 Å². The first-order chi connectivity index (χ1) is 9.19. The zero-order valence-corrected chi connectivity index (χ0v) is 12.4. The summed E-state index contributed by atoms with van der Waals surface area (Å²) in [5, 5.41) is 4.17. The first-order valence-electron chi connectivity index (χ1n) is 6.50. The Morgan fingerprint density at radius 2 is 2.00 bits per heavy atom. The molecule has 0 aliphatic rings. The summed E-state index contributed by atoms with van der Waals surface area (Å²) in [6.45, 7) is 7.31. The highest BCUT2D eigenvalue weighted by Gasteiger charge is 2.02. The summed E-state index contributed by atoms with van der Waals surface area (Å²) >= 11 is 1.64. The smallest absolute Gasteiger partial charge is 0.145 e. The van der Waals surface area contributed by atoms with E-state index in [2.05, 4.69) is 54.3 Å². The van der Waals surface area contributed by atoms with Gasteiger partial charge in [0.15, 0.2) is 0 Å². The van der Waals surface area contributed by atoms with E-state index in [1.165, 1.54) is 16.0 Å². The van der Waals surface area contributed by atoms with E-state index in [1.807, 2.05) is 0 Å². The summed E-state index contributed by atoms with van der Waals surface area (Å²) < 4.78 is 0. The minimum atomic E-state index is 0.843. The molecule has 0 unspecified atom stereocenters. The van der Waals surface area contributed by atoms with E-state index in [4.69, 9.17) is 0 Å². The normalized spacial score (nSPS) is 10.5. The molecule has 19 heavy (non-hydrogen) atoms. The van der Waals surface area contributed by atoms with E-state index in [-0.39, 0.29) is 0 Å². The highest BCUT2D eigenvalue weighted by atomic mass is 32.2. The number of hydrogen-bond donors (Lipinski definition) is 1. The van der Waals surface area contributed by atoms with E-state index in [9.17, 15) is 0 Å². The summed E-state index contributed by atoms with van der Waals surface area (Å²) in [5.41, 5.74) is 2.62. The van der Waals surface area contributed by atoms with Crippen molar-refractivity contribution in [3.05, 3.63) is 41.7 Å². The first kappa shape index (κ1) is 13.9. The molecule has 1 aromatic carbocycles. The molecular weight excluding hydrogens is 254 g/mol. The zero-order valence-electron chi connectivity index (χ0n) is 11.6. The SMILES string of the molecule is CCCNc1cncc(Sc2ccc(C)c(C)c2)n1. The van der Waals surface area contributed by atoms with Crippen LogP contribution in [0.15, 0.2) is 40.5 Å². The third-order valence-electron chi connectivity index (χ3n) is 2.87. The minimum Gasteiger partial charge on any atom is -0.369 e. The molecule has 2 aromatic rings. The summed E-state index contributed by atoms with van der Waals surface area (Å²) in [7, 11) is 0. The van der Waals surface area contributed by atoms with Gasteiger partial charge in [-0.3, -0.25) is 4.98 Å². The second-order valence-corrected chi connectivity index (χ2v) is 5.61. The fraction of sp³-hybridized carbons (Fsp3) is 0.333. The molecule has 0 aliphatic carbocycles. The summed E-state index contributed by atoms with van der Waals surface area (Å²) in [6, 6.07) is 6.46. The molecule has 1 N–H and O–H groups in total. The molecule has 0 atom stereocenters. The van der Waals surface area contributed by atoms with Crippen LogP contribution in [-0.4, -0.2) is 16.5 Å². The largest absolute Gasteiger partial charge is 0.369 e. The number of rotatable bonds is 5. The van der Waals surface area contributed by atoms with Gasteiger partial charge in [0, 0.05) is 11.4 Å². The number of aromatic nitrogens is 2. The molecule has 0 bridgehead atoms. The quantitative estimate of drug-likeness (QED) is 0.891. The molecule has 1 aromatic heterocycles. The first-order valence-corrected chi connectivity index (χ1v) is 7.31. The predicted molar refractivity (Wildman–Crippen MR) is 80.9 cm³/mol. The van der Waals surface area contributed by atoms with Gasteiger partial charge >= 0.3 is 0 Å². The van der Waals surface area contributed by atoms with Crippen LogP contribution < -0.4 is 5.32 Å². The molecule has 0 aliphatic heterocycles. The Labute approximate surface area is 118 Å². The van der Waals surface area contributed by atoms with Gasteiger partial charge in [0.25, 0.3) is 0 Å². The van der Waals surface area contributed by atoms with Gasteiger partial charge in [-0.1, -0.05) is 24.8 Å². The Kier molecular flexibility index (Phi) is 4.80. The van der Waals surface area contributed by atoms with Crippen LogP contribution in [0.2, 0.25) is 0 Å². The van der Waals surface area contributed by atoms with Crippen molar-refractivity contribution in [2.45, 2.75) is 37.1 Å². The van der Waals surface area contributed by atoms with Crippen LogP contribution in [0.25, 0.3) is 0 Å². The lowest BCUT2D eigenvalue weighted by Gasteiger charge is -2.07. The molecular formula is C15H19N3S. The molecule has 1 heterocycles. The van der Waals surface area contributed by atoms with E-state index in [0.29, 0.717) is 0 Å². The van der Waals surface area contributed by atoms with Gasteiger partial charge in [-0.15, -0.1) is 0 Å². The Hall–Kier alpha value is -1.55. The van der Waals surface area contributed by atoms with Crippen LogP contribution in [-0.2, 0) is 0 Å². The summed E-state index contributed by atoms with van der Waals surface area (Å²) in [4.78, 5) is 9.97. The summed E-state index contributed by atoms with van der Waals surface area (Å²) in [5.74, 6) is 0.843. The maximum absolute atomic E-state index is 4.55. The van der Waals surface area contributed by atoms with Gasteiger partial charge in [-0.05, 0) is 43.5 Å². The van der Waals surface area contributed by atoms with Crippen LogP contribution in [0.4, 0.5) is 5.82 Å². The monoisotopic (exact) mass is 273 g/mol. The van der Waals surface area contributed by atoms with Crippen molar-refractivity contribution < 1.29 is 0 Å². The Bertz CT molecular complexity index is 555. The van der Waals surface area contributed by atoms with Gasteiger partial charge in [0.05, 0.1) is 12.4 Å². The van der Waals surface area contributed by atoms with Crippen LogP contribution in [0.5, 0.6) is 0 Å². The lowest BCUT2D eigenvalue weighted by molar-refractivity contribution is 0.948. The van der Waals surface area contributed by atoms with Crippen molar-refractivity contribution in [2.75, 3.05) is 11.9 Å². The Balaban J connectivity index is 2.11. The van der Waals surface area contributed by atoms with Crippen molar-refractivity contribution in [3.8, 4) is 0 Å². The molecule has 0 fully saturated rings. The van der Waals surface area contributed by atoms with Crippen molar-refractivity contribution in [3.63, 3.8) is 0 Å². The zero-order chi connectivity index (χ0) is 13.7. The van der Waals surface area contributed by atoms with E-state index in [0.717, 1.165) is 23.8 Å². The van der Waals surface area contributed by atoms with Gasteiger partial charge < -0.3 is 5.32 Å². The lowest BCUT2D eigenvalue weighted by Crippen LogP contribution is -2.02. The lowest BCUT2D eigenvalue weighted by atomic mass is 10.1. The molecule has 0 amide bonds. The van der Waals surface area contributed by atoms with Crippen LogP contribution >= 0.6 is 11.8 Å². The third kappa shape index (κ3) is 3.96. The standard InChI is InChI=1S/C15H19N3S/c1-4-7-17-14-9-16-10-15(18-14)19-13-6-5-11(2)12(3)8-13/h5-6,8-10H,4,7H2,1-3H3,(H,17,18). The molecule has 3 nitrogen and oxygen atoms in total. The molecule has 0 radical (unpaired) electrons. The molecule has 0 spiro atoms. The fourth-order valence-corrected chi connectivity index (χ4v) is 2.50. The maximum Gasteiger partial charge on any atom is 0.145 e. The predicted octanol–water partition coefficient (Wildman–Crippen LogP) is 4.07. The Morgan fingerprint density at radius 1 is 1.16 bits per heavy atom. The fourth-order valence-electron chi connectivity index (χ4n) is 1.63. The van der Waals surface area contributed by atoms with Gasteiger partial charge in [-0.25, -0.2) is 4.98 Å². The number of nitrogens with one attached hydrogen (secondary N) is 1. The number of hydrogen-bond acceptors (Lipinski definition) is 4. The van der Waals surface area contributed by atoms with Gasteiger partial charge in [0.2, 0.25) is 0 Å². The second kappa shape index (κ2) is 6.57. The molecule has 4 heteroatoms.